The average molecular weight is 566 g/mol. The zero-order valence-electron chi connectivity index (χ0n) is 21.7. The van der Waals surface area contributed by atoms with Gasteiger partial charge < -0.3 is 15.2 Å². The van der Waals surface area contributed by atoms with E-state index in [0.29, 0.717) is 33.8 Å². The number of hydrogen-bond acceptors (Lipinski definition) is 8. The second-order valence-electron chi connectivity index (χ2n) is 9.55. The standard InChI is InChI=1S/C26H24FN9O3.ClH/c1-16(17-4-5-23(29-8-17)34-13-20(27)11-32-34)33-25(37)36-12-19(10-31-36)22-6-21(39-15-26(2,3)38)14-35-24(22)18(7-28)9-30-35;/h4-6,8-14,16,38H,15H2,1-3H3,(H,33,37);1H. The predicted octanol–water partition coefficient (Wildman–Crippen LogP) is 3.68. The van der Waals surface area contributed by atoms with Crippen LogP contribution in [0.3, 0.4) is 0 Å². The summed E-state index contributed by atoms with van der Waals surface area (Å²) in [5, 5.41) is 34.8. The van der Waals surface area contributed by atoms with Gasteiger partial charge >= 0.3 is 6.03 Å². The topological polar surface area (TPSA) is 148 Å². The second-order valence-corrected chi connectivity index (χ2v) is 9.55. The Balaban J connectivity index is 0.00000370. The molecule has 0 radical (unpaired) electrons. The second kappa shape index (κ2) is 11.1. The van der Waals surface area contributed by atoms with Crippen molar-refractivity contribution in [2.24, 2.45) is 0 Å². The van der Waals surface area contributed by atoms with Gasteiger partial charge in [-0.05, 0) is 38.5 Å². The van der Waals surface area contributed by atoms with Crippen molar-refractivity contribution in [3.63, 3.8) is 0 Å². The van der Waals surface area contributed by atoms with Crippen molar-refractivity contribution >= 4 is 24.0 Å². The van der Waals surface area contributed by atoms with Crippen molar-refractivity contribution in [2.75, 3.05) is 6.61 Å². The number of nitriles is 1. The molecule has 5 heterocycles. The first-order valence-corrected chi connectivity index (χ1v) is 11.9. The van der Waals surface area contributed by atoms with Gasteiger partial charge in [-0.25, -0.2) is 23.4 Å². The number of amides is 1. The van der Waals surface area contributed by atoms with Crippen LogP contribution in [0.1, 0.15) is 37.9 Å². The minimum Gasteiger partial charge on any atom is -0.489 e. The minimum atomic E-state index is -1.05. The van der Waals surface area contributed by atoms with Gasteiger partial charge in [0.15, 0.2) is 11.6 Å². The summed E-state index contributed by atoms with van der Waals surface area (Å²) < 4.78 is 23.0. The highest BCUT2D eigenvalue weighted by Crippen LogP contribution is 2.31. The van der Waals surface area contributed by atoms with Crippen LogP contribution in [0.2, 0.25) is 0 Å². The van der Waals surface area contributed by atoms with Crippen LogP contribution in [0.25, 0.3) is 22.5 Å². The van der Waals surface area contributed by atoms with Gasteiger partial charge in [0.1, 0.15) is 18.4 Å². The fraction of sp³-hybridized carbons (Fsp3) is 0.231. The largest absolute Gasteiger partial charge is 0.489 e. The molecule has 0 aromatic carbocycles. The van der Waals surface area contributed by atoms with Gasteiger partial charge in [-0.3, -0.25) is 0 Å². The van der Waals surface area contributed by atoms with Crippen LogP contribution in [0, 0.1) is 17.1 Å². The van der Waals surface area contributed by atoms with Crippen LogP contribution in [-0.4, -0.2) is 57.5 Å². The number of fused-ring (bicyclic) bond motifs is 1. The van der Waals surface area contributed by atoms with Gasteiger partial charge in [-0.15, -0.1) is 12.4 Å². The zero-order chi connectivity index (χ0) is 27.7. The van der Waals surface area contributed by atoms with Crippen molar-refractivity contribution in [3.05, 3.63) is 78.5 Å². The maximum Gasteiger partial charge on any atom is 0.342 e. The molecule has 40 heavy (non-hydrogen) atoms. The highest BCUT2D eigenvalue weighted by molar-refractivity contribution is 5.86. The Labute approximate surface area is 234 Å². The third-order valence-electron chi connectivity index (χ3n) is 5.80. The maximum absolute atomic E-state index is 13.2. The summed E-state index contributed by atoms with van der Waals surface area (Å²) in [6.07, 6.45) is 10.00. The molecule has 206 valence electrons. The first-order valence-electron chi connectivity index (χ1n) is 11.9. The van der Waals surface area contributed by atoms with Crippen molar-refractivity contribution in [1.29, 1.82) is 5.26 Å². The lowest BCUT2D eigenvalue weighted by atomic mass is 10.1. The highest BCUT2D eigenvalue weighted by Gasteiger charge is 2.19. The summed E-state index contributed by atoms with van der Waals surface area (Å²) in [7, 11) is 0. The molecule has 1 amide bonds. The van der Waals surface area contributed by atoms with Gasteiger partial charge in [0.2, 0.25) is 0 Å². The molecule has 0 aliphatic carbocycles. The maximum atomic E-state index is 13.2. The molecule has 2 N–H and O–H groups in total. The van der Waals surface area contributed by atoms with Gasteiger partial charge in [0, 0.05) is 23.5 Å². The Morgan fingerprint density at radius 2 is 1.98 bits per heavy atom. The molecule has 5 aromatic rings. The number of nitrogens with zero attached hydrogens (tertiary/aromatic N) is 8. The molecule has 0 saturated heterocycles. The van der Waals surface area contributed by atoms with Crippen LogP contribution in [-0.2, 0) is 0 Å². The molecule has 0 spiro atoms. The summed E-state index contributed by atoms with van der Waals surface area (Å²) in [4.78, 5) is 17.3. The third-order valence-corrected chi connectivity index (χ3v) is 5.80. The molecule has 1 unspecified atom stereocenters. The van der Waals surface area contributed by atoms with Crippen molar-refractivity contribution < 1.29 is 19.0 Å². The van der Waals surface area contributed by atoms with Gasteiger partial charge in [-0.1, -0.05) is 6.07 Å². The van der Waals surface area contributed by atoms with E-state index >= 15 is 0 Å². The molecule has 0 bridgehead atoms. The summed E-state index contributed by atoms with van der Waals surface area (Å²) in [6, 6.07) is 6.38. The summed E-state index contributed by atoms with van der Waals surface area (Å²) in [6.45, 7) is 5.09. The molecule has 0 aliphatic rings. The first-order chi connectivity index (χ1) is 18.6. The number of aromatic nitrogens is 7. The smallest absolute Gasteiger partial charge is 0.342 e. The molecule has 1 atom stereocenters. The van der Waals surface area contributed by atoms with E-state index < -0.39 is 23.5 Å². The summed E-state index contributed by atoms with van der Waals surface area (Å²) in [5.41, 5.74) is 1.70. The number of carbonyl (C=O) groups is 1. The summed E-state index contributed by atoms with van der Waals surface area (Å²) >= 11 is 0. The van der Waals surface area contributed by atoms with Crippen LogP contribution >= 0.6 is 12.4 Å². The van der Waals surface area contributed by atoms with E-state index in [2.05, 4.69) is 31.7 Å². The highest BCUT2D eigenvalue weighted by atomic mass is 35.5. The third kappa shape index (κ3) is 5.93. The van der Waals surface area contributed by atoms with Crippen molar-refractivity contribution in [3.8, 4) is 28.8 Å². The number of aliphatic hydroxyl groups is 1. The molecule has 0 aliphatic heterocycles. The van der Waals surface area contributed by atoms with E-state index in [9.17, 15) is 19.6 Å². The Bertz CT molecular complexity index is 1700. The Kier molecular flexibility index (Phi) is 7.85. The van der Waals surface area contributed by atoms with Crippen molar-refractivity contribution in [1.82, 2.24) is 39.5 Å². The van der Waals surface area contributed by atoms with E-state index in [1.165, 1.54) is 27.8 Å². The van der Waals surface area contributed by atoms with Gasteiger partial charge in [-0.2, -0.15) is 25.2 Å². The van der Waals surface area contributed by atoms with E-state index in [1.54, 1.807) is 57.6 Å². The zero-order valence-corrected chi connectivity index (χ0v) is 22.5. The monoisotopic (exact) mass is 565 g/mol. The fourth-order valence-corrected chi connectivity index (χ4v) is 3.86. The quantitative estimate of drug-likeness (QED) is 0.303. The Hall–Kier alpha value is -4.80. The lowest BCUT2D eigenvalue weighted by Gasteiger charge is -2.18. The van der Waals surface area contributed by atoms with Crippen LogP contribution < -0.4 is 10.1 Å². The molecule has 14 heteroatoms. The van der Waals surface area contributed by atoms with E-state index in [0.717, 1.165) is 16.4 Å². The lowest BCUT2D eigenvalue weighted by molar-refractivity contribution is 0.0283. The van der Waals surface area contributed by atoms with E-state index in [4.69, 9.17) is 4.74 Å². The number of pyridine rings is 2. The molecule has 0 saturated carbocycles. The summed E-state index contributed by atoms with van der Waals surface area (Å²) in [5.74, 6) is 0.396. The molecule has 12 nitrogen and oxygen atoms in total. The average Bonchev–Trinajstić information content (AvgIpc) is 3.66. The van der Waals surface area contributed by atoms with Crippen LogP contribution in [0.5, 0.6) is 5.75 Å². The number of rotatable bonds is 7. The fourth-order valence-electron chi connectivity index (χ4n) is 3.86. The molecular formula is C26H25ClFN9O3. The van der Waals surface area contributed by atoms with Gasteiger partial charge in [0.05, 0.1) is 53.7 Å². The van der Waals surface area contributed by atoms with Gasteiger partial charge in [0.25, 0.3) is 0 Å². The van der Waals surface area contributed by atoms with Crippen molar-refractivity contribution in [2.45, 2.75) is 32.4 Å². The molecule has 5 rings (SSSR count). The first kappa shape index (κ1) is 28.2. The minimum absolute atomic E-state index is 0. The number of hydrogen-bond donors (Lipinski definition) is 2. The Morgan fingerprint density at radius 1 is 1.18 bits per heavy atom. The molecule has 0 fully saturated rings. The SMILES string of the molecule is CC(NC(=O)n1cc(-c2cc(OCC(C)(C)O)cn3ncc(C#N)c23)cn1)c1ccc(-n2cc(F)cn2)nc1.Cl. The number of nitrogens with one attached hydrogen (secondary N) is 1. The normalized spacial score (nSPS) is 12.0. The Morgan fingerprint density at radius 3 is 2.62 bits per heavy atom. The number of ether oxygens (including phenoxy) is 1. The van der Waals surface area contributed by atoms with Crippen LogP contribution in [0.4, 0.5) is 9.18 Å². The predicted molar refractivity (Wildman–Crippen MR) is 144 cm³/mol. The number of carbonyl (C=O) groups excluding carboxylic acids is 1. The number of halogens is 2. The molecular weight excluding hydrogens is 541 g/mol. The van der Waals surface area contributed by atoms with E-state index in [-0.39, 0.29) is 19.0 Å². The van der Waals surface area contributed by atoms with Crippen LogP contribution in [0.15, 0.2) is 61.6 Å². The lowest BCUT2D eigenvalue weighted by Crippen LogP contribution is -2.31. The molecule has 5 aromatic heterocycles. The van der Waals surface area contributed by atoms with E-state index in [1.807, 2.05) is 0 Å².